The molecule has 3 aromatic heterocycles. The Morgan fingerprint density at radius 3 is 1.89 bits per heavy atom. The largest absolute Gasteiger partial charge is 0.309 e. The third kappa shape index (κ3) is 5.40. The number of aromatic nitrogens is 4. The van der Waals surface area contributed by atoms with E-state index in [-0.39, 0.29) is 34.1 Å². The van der Waals surface area contributed by atoms with E-state index in [9.17, 15) is 2.74 Å². The van der Waals surface area contributed by atoms with Crippen molar-refractivity contribution in [3.05, 3.63) is 194 Å². The Hall–Kier alpha value is -7.21. The van der Waals surface area contributed by atoms with Crippen molar-refractivity contribution in [1.29, 1.82) is 0 Å². The van der Waals surface area contributed by atoms with Crippen molar-refractivity contribution in [2.45, 2.75) is 0 Å². The quantitative estimate of drug-likeness (QED) is 0.170. The van der Waals surface area contributed by atoms with E-state index in [1.165, 1.54) is 0 Å². The molecule has 4 nitrogen and oxygen atoms in total. The van der Waals surface area contributed by atoms with Crippen LogP contribution in [0.4, 0.5) is 0 Å². The van der Waals surface area contributed by atoms with Crippen molar-refractivity contribution < 1.29 is 12.3 Å². The van der Waals surface area contributed by atoms with E-state index in [0.717, 1.165) is 42.4 Å². The summed E-state index contributed by atoms with van der Waals surface area (Å²) in [6.45, 7) is 0. The minimum absolute atomic E-state index is 0.0647. The van der Waals surface area contributed by atoms with Crippen molar-refractivity contribution in [3.8, 4) is 62.1 Å². The Morgan fingerprint density at radius 1 is 0.429 bits per heavy atom. The van der Waals surface area contributed by atoms with Crippen molar-refractivity contribution in [2.75, 3.05) is 0 Å². The second kappa shape index (κ2) is 13.3. The molecule has 0 N–H and O–H groups in total. The van der Waals surface area contributed by atoms with E-state index < -0.39 is 42.3 Å². The molecule has 56 heavy (non-hydrogen) atoms. The molecule has 0 radical (unpaired) electrons. The van der Waals surface area contributed by atoms with E-state index in [1.807, 2.05) is 103 Å². The van der Waals surface area contributed by atoms with Crippen LogP contribution in [0.15, 0.2) is 194 Å². The lowest BCUT2D eigenvalue weighted by Crippen LogP contribution is -2.02. The van der Waals surface area contributed by atoms with Crippen LogP contribution < -0.4 is 0 Å². The van der Waals surface area contributed by atoms with Gasteiger partial charge < -0.3 is 4.57 Å². The molecule has 0 saturated heterocycles. The van der Waals surface area contributed by atoms with E-state index >= 15 is 0 Å². The van der Waals surface area contributed by atoms with Crippen molar-refractivity contribution in [2.24, 2.45) is 0 Å². The monoisotopic (exact) mass is 741 g/mol. The molecule has 0 saturated carbocycles. The molecule has 5 heteroatoms. The highest BCUT2D eigenvalue weighted by atomic mass is 32.1. The summed E-state index contributed by atoms with van der Waals surface area (Å²) in [5.74, 6) is 1.25. The number of fused-ring (bicyclic) bond motifs is 6. The van der Waals surface area contributed by atoms with Crippen LogP contribution in [-0.2, 0) is 0 Å². The van der Waals surface area contributed by atoms with Crippen LogP contribution in [0.25, 0.3) is 104 Å². The van der Waals surface area contributed by atoms with E-state index in [4.69, 9.17) is 24.5 Å². The number of benzene rings is 8. The molecule has 262 valence electrons. The molecule has 0 aliphatic rings. The summed E-state index contributed by atoms with van der Waals surface area (Å²) in [6.07, 6.45) is 0. The van der Waals surface area contributed by atoms with Gasteiger partial charge in [0.2, 0.25) is 0 Å². The molecule has 8 aromatic carbocycles. The molecule has 0 atom stereocenters. The second-order valence-electron chi connectivity index (χ2n) is 13.3. The average Bonchev–Trinajstić information content (AvgIpc) is 3.91. The van der Waals surface area contributed by atoms with Crippen LogP contribution in [-0.4, -0.2) is 19.5 Å². The SMILES string of the molecule is [2H]c1c([2H])c([2H])c(-c2cccc3c4c([2H])c([2H])c([2H])c([2H])c4n(-c4cc(-c5ccccc5)cc(-c5nc(-c6ccccc6)nc(-c6cccc7sc8ccccc8c67)n5)c4)c23)c([2H])c1[2H]. The third-order valence-electron chi connectivity index (χ3n) is 10.0. The molecule has 0 unspecified atom stereocenters. The number of rotatable bonds is 6. The Balaban J connectivity index is 1.27. The van der Waals surface area contributed by atoms with Gasteiger partial charge in [-0.3, -0.25) is 0 Å². The summed E-state index contributed by atoms with van der Waals surface area (Å²) in [7, 11) is 0. The Bertz CT molecular complexity index is 3750. The minimum Gasteiger partial charge on any atom is -0.309 e. The zero-order valence-electron chi connectivity index (χ0n) is 38.5. The zero-order chi connectivity index (χ0) is 44.8. The molecule has 0 bridgehead atoms. The van der Waals surface area contributed by atoms with Crippen LogP contribution in [0, 0.1) is 0 Å². The molecule has 0 aliphatic heterocycles. The fourth-order valence-electron chi connectivity index (χ4n) is 7.58. The van der Waals surface area contributed by atoms with Crippen LogP contribution >= 0.6 is 11.3 Å². The molecule has 0 aliphatic carbocycles. The summed E-state index contributed by atoms with van der Waals surface area (Å²) in [4.78, 5) is 15.5. The summed E-state index contributed by atoms with van der Waals surface area (Å²) in [5, 5.41) is 2.75. The summed E-state index contributed by atoms with van der Waals surface area (Å²) >= 11 is 1.70. The van der Waals surface area contributed by atoms with Gasteiger partial charge >= 0.3 is 0 Å². The number of thiophene rings is 1. The average molecular weight is 742 g/mol. The lowest BCUT2D eigenvalue weighted by molar-refractivity contribution is 1.07. The highest BCUT2D eigenvalue weighted by Crippen LogP contribution is 2.42. The van der Waals surface area contributed by atoms with E-state index in [1.54, 1.807) is 34.1 Å². The first-order valence-electron chi connectivity index (χ1n) is 22.5. The van der Waals surface area contributed by atoms with Gasteiger partial charge in [0.1, 0.15) is 0 Å². The van der Waals surface area contributed by atoms with Crippen LogP contribution in [0.2, 0.25) is 0 Å². The Morgan fingerprint density at radius 2 is 1.05 bits per heavy atom. The first kappa shape index (κ1) is 24.2. The Labute approximate surface area is 340 Å². The van der Waals surface area contributed by atoms with Crippen molar-refractivity contribution in [1.82, 2.24) is 19.5 Å². The number of hydrogen-bond acceptors (Lipinski definition) is 4. The normalized spacial score (nSPS) is 13.8. The minimum atomic E-state index is -0.536. The van der Waals surface area contributed by atoms with E-state index in [0.29, 0.717) is 39.6 Å². The van der Waals surface area contributed by atoms with Gasteiger partial charge in [-0.05, 0) is 53.1 Å². The zero-order valence-corrected chi connectivity index (χ0v) is 30.3. The lowest BCUT2D eigenvalue weighted by atomic mass is 10.00. The van der Waals surface area contributed by atoms with Gasteiger partial charge in [-0.2, -0.15) is 0 Å². The third-order valence-corrected chi connectivity index (χ3v) is 11.2. The maximum Gasteiger partial charge on any atom is 0.164 e. The van der Waals surface area contributed by atoms with Crippen molar-refractivity contribution in [3.63, 3.8) is 0 Å². The van der Waals surface area contributed by atoms with Crippen LogP contribution in [0.5, 0.6) is 0 Å². The topological polar surface area (TPSA) is 43.6 Å². The highest BCUT2D eigenvalue weighted by Gasteiger charge is 2.21. The molecule has 0 spiro atoms. The maximum atomic E-state index is 9.39. The summed E-state index contributed by atoms with van der Waals surface area (Å²) < 4.78 is 83.7. The molecule has 3 heterocycles. The number of para-hydroxylation sites is 2. The predicted molar refractivity (Wildman–Crippen MR) is 234 cm³/mol. The predicted octanol–water partition coefficient (Wildman–Crippen LogP) is 13.7. The summed E-state index contributed by atoms with van der Waals surface area (Å²) in [6, 6.07) is 40.7. The van der Waals surface area contributed by atoms with Gasteiger partial charge in [-0.15, -0.1) is 11.3 Å². The van der Waals surface area contributed by atoms with Gasteiger partial charge in [0.25, 0.3) is 0 Å². The van der Waals surface area contributed by atoms with Gasteiger partial charge in [0.15, 0.2) is 17.5 Å². The fraction of sp³-hybridized carbons (Fsp3) is 0. The molecular formula is C51H32N4S. The van der Waals surface area contributed by atoms with Gasteiger partial charge in [-0.25, -0.2) is 15.0 Å². The summed E-state index contributed by atoms with van der Waals surface area (Å²) in [5.41, 5.74) is 4.90. The number of hydrogen-bond donors (Lipinski definition) is 0. The first-order valence-corrected chi connectivity index (χ1v) is 18.9. The molecule has 11 rings (SSSR count). The van der Waals surface area contributed by atoms with E-state index in [2.05, 4.69) is 18.2 Å². The maximum absolute atomic E-state index is 9.39. The molecule has 0 amide bonds. The molecule has 0 fully saturated rings. The van der Waals surface area contributed by atoms with Crippen LogP contribution in [0.3, 0.4) is 0 Å². The van der Waals surface area contributed by atoms with Gasteiger partial charge in [0, 0.05) is 58.9 Å². The lowest BCUT2D eigenvalue weighted by Gasteiger charge is -2.16. The van der Waals surface area contributed by atoms with Gasteiger partial charge in [0.05, 0.1) is 23.4 Å². The van der Waals surface area contributed by atoms with Gasteiger partial charge in [-0.1, -0.05) is 158 Å². The molecular weight excluding hydrogens is 701 g/mol. The first-order chi connectivity index (χ1) is 31.5. The molecule has 11 aromatic rings. The highest BCUT2D eigenvalue weighted by molar-refractivity contribution is 7.25. The van der Waals surface area contributed by atoms with Crippen LogP contribution in [0.1, 0.15) is 12.3 Å². The Kier molecular flexibility index (Phi) is 5.75. The smallest absolute Gasteiger partial charge is 0.164 e. The van der Waals surface area contributed by atoms with Crippen molar-refractivity contribution >= 4 is 53.3 Å². The number of nitrogens with zero attached hydrogens (tertiary/aromatic N) is 4. The second-order valence-corrected chi connectivity index (χ2v) is 14.4. The standard InChI is InChI=1S/C51H32N4S/c1-4-16-33(17-5-1)36-30-37(32-38(31-36)55-44-27-12-10-22-40(44)41-25-14-24-39(48(41)55)34-18-6-2-7-19-34)50-52-49(35-20-8-3-9-21-35)53-51(54-50)43-26-15-29-46-47(43)42-23-11-13-28-45(42)56-46/h1-32H/i2D,6D,7D,10D,12D,18D,19D,22D,27D. The fourth-order valence-corrected chi connectivity index (χ4v) is 8.71.